The largest absolute Gasteiger partial charge is 0.444 e. The van der Waals surface area contributed by atoms with E-state index < -0.39 is 23.9 Å². The van der Waals surface area contributed by atoms with Crippen LogP contribution in [0, 0.1) is 0 Å². The van der Waals surface area contributed by atoms with Crippen LogP contribution in [0.4, 0.5) is 13.6 Å². The summed E-state index contributed by atoms with van der Waals surface area (Å²) in [7, 11) is 0. The fourth-order valence-corrected chi connectivity index (χ4v) is 1.98. The predicted octanol–water partition coefficient (Wildman–Crippen LogP) is 1.95. The maximum Gasteiger partial charge on any atom is 0.410 e. The lowest BCUT2D eigenvalue weighted by Crippen LogP contribution is -2.53. The molecule has 112 valence electrons. The number of piperidine rings is 1. The molecule has 0 unspecified atom stereocenters. The van der Waals surface area contributed by atoms with Crippen molar-refractivity contribution >= 4 is 6.09 Å². The van der Waals surface area contributed by atoms with Gasteiger partial charge in [-0.3, -0.25) is 0 Å². The van der Waals surface area contributed by atoms with Crippen molar-refractivity contribution in [2.75, 3.05) is 19.6 Å². The van der Waals surface area contributed by atoms with Gasteiger partial charge in [-0.05, 0) is 33.6 Å². The highest BCUT2D eigenvalue weighted by molar-refractivity contribution is 5.68. The summed E-state index contributed by atoms with van der Waals surface area (Å²) in [6, 6.07) is 0. The van der Waals surface area contributed by atoms with Gasteiger partial charge in [0.15, 0.2) is 0 Å². The van der Waals surface area contributed by atoms with Crippen LogP contribution in [0.3, 0.4) is 0 Å². The fraction of sp³-hybridized carbons (Fsp3) is 0.917. The highest BCUT2D eigenvalue weighted by Gasteiger charge is 2.39. The van der Waals surface area contributed by atoms with Gasteiger partial charge in [-0.15, -0.1) is 0 Å². The van der Waals surface area contributed by atoms with E-state index in [-0.39, 0.29) is 19.4 Å². The number of hydrogen-bond donors (Lipinski definition) is 1. The standard InChI is InChI=1S/C12H22F2N2O3/c1-11(2,3)19-10(17)16-6-4-12(8-15,5-7-16)18-9(13)14/h9H,4-8,15H2,1-3H3. The van der Waals surface area contributed by atoms with E-state index >= 15 is 0 Å². The van der Waals surface area contributed by atoms with Gasteiger partial charge in [-0.2, -0.15) is 8.78 Å². The Balaban J connectivity index is 2.54. The first-order valence-corrected chi connectivity index (χ1v) is 6.31. The van der Waals surface area contributed by atoms with Crippen LogP contribution in [-0.2, 0) is 9.47 Å². The van der Waals surface area contributed by atoms with E-state index in [2.05, 4.69) is 4.74 Å². The third-order valence-corrected chi connectivity index (χ3v) is 3.04. The van der Waals surface area contributed by atoms with Crippen LogP contribution in [0.5, 0.6) is 0 Å². The molecular formula is C12H22F2N2O3. The summed E-state index contributed by atoms with van der Waals surface area (Å²) in [6.07, 6.45) is 0.135. The van der Waals surface area contributed by atoms with Gasteiger partial charge in [0.2, 0.25) is 0 Å². The van der Waals surface area contributed by atoms with Crippen LogP contribution < -0.4 is 5.73 Å². The van der Waals surface area contributed by atoms with Crippen LogP contribution in [0.1, 0.15) is 33.6 Å². The van der Waals surface area contributed by atoms with Gasteiger partial charge >= 0.3 is 12.7 Å². The second kappa shape index (κ2) is 6.00. The minimum atomic E-state index is -2.85. The first-order valence-electron chi connectivity index (χ1n) is 6.31. The van der Waals surface area contributed by atoms with Crippen molar-refractivity contribution in [3.05, 3.63) is 0 Å². The van der Waals surface area contributed by atoms with Crippen molar-refractivity contribution in [3.63, 3.8) is 0 Å². The zero-order valence-electron chi connectivity index (χ0n) is 11.6. The van der Waals surface area contributed by atoms with Gasteiger partial charge in [-0.1, -0.05) is 0 Å². The third-order valence-electron chi connectivity index (χ3n) is 3.04. The third kappa shape index (κ3) is 4.91. The average molecular weight is 280 g/mol. The van der Waals surface area contributed by atoms with Gasteiger partial charge in [0.25, 0.3) is 0 Å². The Morgan fingerprint density at radius 3 is 2.26 bits per heavy atom. The summed E-state index contributed by atoms with van der Waals surface area (Å²) in [5.74, 6) is 0. The number of nitrogens with zero attached hydrogens (tertiary/aromatic N) is 1. The summed E-state index contributed by atoms with van der Waals surface area (Å²) in [5.41, 5.74) is 3.91. The van der Waals surface area contributed by atoms with Crippen molar-refractivity contribution in [2.24, 2.45) is 5.73 Å². The molecule has 19 heavy (non-hydrogen) atoms. The number of alkyl halides is 2. The quantitative estimate of drug-likeness (QED) is 0.858. The van der Waals surface area contributed by atoms with E-state index in [9.17, 15) is 13.6 Å². The van der Waals surface area contributed by atoms with Crippen LogP contribution in [0.25, 0.3) is 0 Å². The maximum atomic E-state index is 12.3. The molecule has 7 heteroatoms. The molecule has 0 aromatic carbocycles. The Labute approximate surface area is 112 Å². The van der Waals surface area contributed by atoms with Crippen LogP contribution >= 0.6 is 0 Å². The second-order valence-corrected chi connectivity index (χ2v) is 5.73. The van der Waals surface area contributed by atoms with Crippen LogP contribution in [0.2, 0.25) is 0 Å². The van der Waals surface area contributed by atoms with Crippen LogP contribution in [0.15, 0.2) is 0 Å². The first-order chi connectivity index (χ1) is 8.67. The Bertz CT molecular complexity index is 311. The topological polar surface area (TPSA) is 64.8 Å². The number of rotatable bonds is 3. The van der Waals surface area contributed by atoms with Crippen molar-refractivity contribution in [1.29, 1.82) is 0 Å². The molecule has 0 atom stereocenters. The van der Waals surface area contributed by atoms with Crippen molar-refractivity contribution in [2.45, 2.75) is 51.4 Å². The Morgan fingerprint density at radius 1 is 1.37 bits per heavy atom. The molecule has 0 aromatic heterocycles. The van der Waals surface area contributed by atoms with Crippen molar-refractivity contribution in [3.8, 4) is 0 Å². The van der Waals surface area contributed by atoms with Crippen LogP contribution in [-0.4, -0.2) is 48.4 Å². The number of hydrogen-bond acceptors (Lipinski definition) is 4. The SMILES string of the molecule is CC(C)(C)OC(=O)N1CCC(CN)(OC(F)F)CC1. The van der Waals surface area contributed by atoms with E-state index in [0.29, 0.717) is 13.1 Å². The number of amides is 1. The molecule has 1 saturated heterocycles. The number of ether oxygens (including phenoxy) is 2. The molecule has 0 aliphatic carbocycles. The average Bonchev–Trinajstić information content (AvgIpc) is 2.26. The number of nitrogens with two attached hydrogens (primary N) is 1. The van der Waals surface area contributed by atoms with Gasteiger partial charge in [-0.25, -0.2) is 4.79 Å². The molecule has 1 rings (SSSR count). The molecule has 2 N–H and O–H groups in total. The molecule has 0 bridgehead atoms. The molecule has 0 radical (unpaired) electrons. The molecule has 1 aliphatic rings. The van der Waals surface area contributed by atoms with Gasteiger partial charge in [0.1, 0.15) is 5.60 Å². The molecule has 0 spiro atoms. The number of carbonyl (C=O) groups is 1. The molecule has 0 aromatic rings. The minimum Gasteiger partial charge on any atom is -0.444 e. The Kier molecular flexibility index (Phi) is 5.09. The maximum absolute atomic E-state index is 12.3. The van der Waals surface area contributed by atoms with Gasteiger partial charge < -0.3 is 20.1 Å². The van der Waals surface area contributed by atoms with E-state index in [1.807, 2.05) is 0 Å². The second-order valence-electron chi connectivity index (χ2n) is 5.73. The van der Waals surface area contributed by atoms with E-state index in [4.69, 9.17) is 10.5 Å². The molecule has 0 saturated carbocycles. The van der Waals surface area contributed by atoms with Gasteiger partial charge in [0, 0.05) is 19.6 Å². The lowest BCUT2D eigenvalue weighted by Gasteiger charge is -2.40. The summed E-state index contributed by atoms with van der Waals surface area (Å²) in [5, 5.41) is 0. The van der Waals surface area contributed by atoms with E-state index in [1.165, 1.54) is 4.90 Å². The summed E-state index contributed by atoms with van der Waals surface area (Å²) < 4.78 is 34.5. The lowest BCUT2D eigenvalue weighted by atomic mass is 9.91. The zero-order valence-corrected chi connectivity index (χ0v) is 11.6. The smallest absolute Gasteiger partial charge is 0.410 e. The highest BCUT2D eigenvalue weighted by atomic mass is 19.3. The predicted molar refractivity (Wildman–Crippen MR) is 65.9 cm³/mol. The van der Waals surface area contributed by atoms with E-state index in [1.54, 1.807) is 20.8 Å². The lowest BCUT2D eigenvalue weighted by molar-refractivity contribution is -0.217. The molecule has 1 fully saturated rings. The molecule has 1 aliphatic heterocycles. The summed E-state index contributed by atoms with van der Waals surface area (Å²) >= 11 is 0. The molecule has 5 nitrogen and oxygen atoms in total. The minimum absolute atomic E-state index is 0.0134. The van der Waals surface area contributed by atoms with Gasteiger partial charge in [0.05, 0.1) is 5.60 Å². The number of halogens is 2. The fourth-order valence-electron chi connectivity index (χ4n) is 1.98. The zero-order chi connectivity index (χ0) is 14.7. The highest BCUT2D eigenvalue weighted by Crippen LogP contribution is 2.28. The van der Waals surface area contributed by atoms with Crippen molar-refractivity contribution in [1.82, 2.24) is 4.90 Å². The van der Waals surface area contributed by atoms with E-state index in [0.717, 1.165) is 0 Å². The molecule has 1 amide bonds. The number of carbonyl (C=O) groups excluding carboxylic acids is 1. The van der Waals surface area contributed by atoms with Crippen molar-refractivity contribution < 1.29 is 23.0 Å². The summed E-state index contributed by atoms with van der Waals surface area (Å²) in [6.45, 7) is 3.10. The summed E-state index contributed by atoms with van der Waals surface area (Å²) in [4.78, 5) is 13.3. The first kappa shape index (κ1) is 16.1. The Morgan fingerprint density at radius 2 is 1.89 bits per heavy atom. The molecule has 1 heterocycles. The monoisotopic (exact) mass is 280 g/mol. The number of likely N-dealkylation sites (tertiary alicyclic amines) is 1. The molecular weight excluding hydrogens is 258 g/mol. The normalized spacial score (nSPS) is 19.6. The Hall–Kier alpha value is -0.950.